The van der Waals surface area contributed by atoms with E-state index in [1.54, 1.807) is 6.07 Å². The summed E-state index contributed by atoms with van der Waals surface area (Å²) in [5.74, 6) is -0.155. The summed E-state index contributed by atoms with van der Waals surface area (Å²) in [5, 5.41) is 6.94. The Morgan fingerprint density at radius 3 is 2.36 bits per heavy atom. The fraction of sp³-hybridized carbons (Fsp3) is 0.474. The molecule has 1 aliphatic rings. The normalized spacial score (nSPS) is 14.5. The SMILES string of the molecule is CC(C)(C)n1nc(C(=O)Nc2cc(CN)cc(C(F)(F)F)c2)cc1C1CC1.Cl. The third kappa shape index (κ3) is 4.86. The van der Waals surface area contributed by atoms with Crippen molar-refractivity contribution in [3.8, 4) is 0 Å². The highest BCUT2D eigenvalue weighted by atomic mass is 35.5. The maximum atomic E-state index is 13.1. The van der Waals surface area contributed by atoms with Crippen molar-refractivity contribution in [2.75, 3.05) is 5.32 Å². The Morgan fingerprint density at radius 1 is 1.21 bits per heavy atom. The van der Waals surface area contributed by atoms with Crippen molar-refractivity contribution in [3.05, 3.63) is 46.8 Å². The predicted molar refractivity (Wildman–Crippen MR) is 104 cm³/mol. The molecule has 3 N–H and O–H groups in total. The van der Waals surface area contributed by atoms with Gasteiger partial charge in [-0.2, -0.15) is 18.3 Å². The molecule has 0 bridgehead atoms. The minimum Gasteiger partial charge on any atom is -0.326 e. The van der Waals surface area contributed by atoms with Gasteiger partial charge in [0.05, 0.1) is 11.1 Å². The van der Waals surface area contributed by atoms with E-state index in [1.165, 1.54) is 6.07 Å². The van der Waals surface area contributed by atoms with Crippen molar-refractivity contribution < 1.29 is 18.0 Å². The lowest BCUT2D eigenvalue weighted by atomic mass is 10.1. The van der Waals surface area contributed by atoms with Crippen molar-refractivity contribution >= 4 is 24.0 Å². The number of hydrogen-bond acceptors (Lipinski definition) is 3. The van der Waals surface area contributed by atoms with E-state index in [4.69, 9.17) is 5.73 Å². The molecule has 28 heavy (non-hydrogen) atoms. The second-order valence-corrected chi connectivity index (χ2v) is 7.89. The highest BCUT2D eigenvalue weighted by Gasteiger charge is 2.33. The van der Waals surface area contributed by atoms with Crippen LogP contribution < -0.4 is 11.1 Å². The van der Waals surface area contributed by atoms with Gasteiger partial charge in [-0.3, -0.25) is 9.48 Å². The smallest absolute Gasteiger partial charge is 0.326 e. The van der Waals surface area contributed by atoms with Gasteiger partial charge in [0, 0.05) is 23.8 Å². The van der Waals surface area contributed by atoms with Crippen molar-refractivity contribution in [1.82, 2.24) is 9.78 Å². The Labute approximate surface area is 167 Å². The number of halogens is 4. The van der Waals surface area contributed by atoms with Gasteiger partial charge in [0.2, 0.25) is 0 Å². The van der Waals surface area contributed by atoms with Gasteiger partial charge < -0.3 is 11.1 Å². The zero-order valence-electron chi connectivity index (χ0n) is 15.9. The van der Waals surface area contributed by atoms with Crippen LogP contribution in [0.25, 0.3) is 0 Å². The molecule has 0 radical (unpaired) electrons. The summed E-state index contributed by atoms with van der Waals surface area (Å²) < 4.78 is 41.0. The van der Waals surface area contributed by atoms with Gasteiger partial charge in [-0.25, -0.2) is 0 Å². The summed E-state index contributed by atoms with van der Waals surface area (Å²) in [5.41, 5.74) is 5.87. The van der Waals surface area contributed by atoms with Crippen LogP contribution in [-0.4, -0.2) is 15.7 Å². The number of carbonyl (C=O) groups is 1. The molecule has 0 spiro atoms. The Hall–Kier alpha value is -2.06. The minimum absolute atomic E-state index is 0. The van der Waals surface area contributed by atoms with E-state index in [-0.39, 0.29) is 35.9 Å². The van der Waals surface area contributed by atoms with Gasteiger partial charge in [0.15, 0.2) is 5.69 Å². The summed E-state index contributed by atoms with van der Waals surface area (Å²) >= 11 is 0. The van der Waals surface area contributed by atoms with Crippen LogP contribution in [0.2, 0.25) is 0 Å². The summed E-state index contributed by atoms with van der Waals surface area (Å²) in [7, 11) is 0. The number of nitrogens with two attached hydrogens (primary N) is 1. The molecule has 0 unspecified atom stereocenters. The number of benzene rings is 1. The largest absolute Gasteiger partial charge is 0.416 e. The maximum Gasteiger partial charge on any atom is 0.416 e. The second kappa shape index (κ2) is 7.75. The molecule has 1 aliphatic carbocycles. The molecule has 1 fully saturated rings. The first-order chi connectivity index (χ1) is 12.5. The summed E-state index contributed by atoms with van der Waals surface area (Å²) in [6, 6.07) is 5.06. The molecule has 0 atom stereocenters. The van der Waals surface area contributed by atoms with E-state index in [1.807, 2.05) is 25.5 Å². The number of aromatic nitrogens is 2. The van der Waals surface area contributed by atoms with Gasteiger partial charge in [0.25, 0.3) is 5.91 Å². The van der Waals surface area contributed by atoms with E-state index in [2.05, 4.69) is 10.4 Å². The number of anilines is 1. The predicted octanol–water partition coefficient (Wildman–Crippen LogP) is 4.67. The average molecular weight is 417 g/mol. The van der Waals surface area contributed by atoms with E-state index in [0.717, 1.165) is 30.7 Å². The number of carbonyl (C=O) groups excluding carboxylic acids is 1. The molecule has 9 heteroatoms. The molecule has 0 aliphatic heterocycles. The summed E-state index contributed by atoms with van der Waals surface area (Å²) in [6.07, 6.45) is -2.41. The Kier molecular flexibility index (Phi) is 6.16. The molecule has 3 rings (SSSR count). The van der Waals surface area contributed by atoms with Gasteiger partial charge in [-0.05, 0) is 63.4 Å². The first kappa shape index (κ1) is 22.2. The second-order valence-electron chi connectivity index (χ2n) is 7.89. The highest BCUT2D eigenvalue weighted by molar-refractivity contribution is 6.03. The van der Waals surface area contributed by atoms with Crippen LogP contribution >= 0.6 is 12.4 Å². The molecule has 1 saturated carbocycles. The zero-order valence-corrected chi connectivity index (χ0v) is 16.7. The molecule has 1 aromatic heterocycles. The van der Waals surface area contributed by atoms with E-state index in [0.29, 0.717) is 11.5 Å². The number of hydrogen-bond donors (Lipinski definition) is 2. The van der Waals surface area contributed by atoms with E-state index >= 15 is 0 Å². The van der Waals surface area contributed by atoms with Crippen molar-refractivity contribution in [2.45, 2.75) is 57.8 Å². The Morgan fingerprint density at radius 2 is 1.86 bits per heavy atom. The van der Waals surface area contributed by atoms with E-state index in [9.17, 15) is 18.0 Å². The number of amides is 1. The molecule has 1 heterocycles. The van der Waals surface area contributed by atoms with Gasteiger partial charge >= 0.3 is 6.18 Å². The molecule has 2 aromatic rings. The number of nitrogens with zero attached hydrogens (tertiary/aromatic N) is 2. The molecular weight excluding hydrogens is 393 g/mol. The van der Waals surface area contributed by atoms with Gasteiger partial charge in [0.1, 0.15) is 0 Å². The fourth-order valence-corrected chi connectivity index (χ4v) is 2.95. The van der Waals surface area contributed by atoms with Crippen LogP contribution in [0.3, 0.4) is 0 Å². The molecule has 5 nitrogen and oxygen atoms in total. The third-order valence-corrected chi connectivity index (χ3v) is 4.41. The summed E-state index contributed by atoms with van der Waals surface area (Å²) in [6.45, 7) is 5.92. The van der Waals surface area contributed by atoms with Crippen LogP contribution in [0.4, 0.5) is 18.9 Å². The number of alkyl halides is 3. The molecule has 1 amide bonds. The lowest BCUT2D eigenvalue weighted by molar-refractivity contribution is -0.137. The minimum atomic E-state index is -4.52. The van der Waals surface area contributed by atoms with Crippen LogP contribution in [-0.2, 0) is 18.3 Å². The zero-order chi connectivity index (χ0) is 20.0. The standard InChI is InChI=1S/C19H23F3N4O.ClH/c1-18(2,3)26-16(12-4-5-12)9-15(25-26)17(27)24-14-7-11(10-23)6-13(8-14)19(20,21)22;/h6-9,12H,4-5,10,23H2,1-3H3,(H,24,27);1H. The van der Waals surface area contributed by atoms with Crippen LogP contribution in [0.15, 0.2) is 24.3 Å². The van der Waals surface area contributed by atoms with Crippen molar-refractivity contribution in [3.63, 3.8) is 0 Å². The summed E-state index contributed by atoms with van der Waals surface area (Å²) in [4.78, 5) is 12.6. The van der Waals surface area contributed by atoms with Crippen molar-refractivity contribution in [2.24, 2.45) is 5.73 Å². The molecular formula is C19H24ClF3N4O. The third-order valence-electron chi connectivity index (χ3n) is 4.41. The molecule has 154 valence electrons. The highest BCUT2D eigenvalue weighted by Crippen LogP contribution is 2.41. The topological polar surface area (TPSA) is 72.9 Å². The average Bonchev–Trinajstić information content (AvgIpc) is 3.30. The number of nitrogens with one attached hydrogen (secondary N) is 1. The first-order valence-corrected chi connectivity index (χ1v) is 8.82. The van der Waals surface area contributed by atoms with Crippen LogP contribution in [0, 0.1) is 0 Å². The Balaban J connectivity index is 0.00000280. The lowest BCUT2D eigenvalue weighted by Gasteiger charge is -2.22. The quantitative estimate of drug-likeness (QED) is 0.760. The lowest BCUT2D eigenvalue weighted by Crippen LogP contribution is -2.25. The van der Waals surface area contributed by atoms with Crippen LogP contribution in [0.5, 0.6) is 0 Å². The fourth-order valence-electron chi connectivity index (χ4n) is 2.95. The van der Waals surface area contributed by atoms with Crippen LogP contribution in [0.1, 0.15) is 66.8 Å². The number of rotatable bonds is 4. The van der Waals surface area contributed by atoms with E-state index < -0.39 is 17.6 Å². The molecule has 1 aromatic carbocycles. The Bertz CT molecular complexity index is 867. The molecule has 0 saturated heterocycles. The maximum absolute atomic E-state index is 13.1. The van der Waals surface area contributed by atoms with Gasteiger partial charge in [-0.15, -0.1) is 12.4 Å². The van der Waals surface area contributed by atoms with Gasteiger partial charge in [-0.1, -0.05) is 0 Å². The monoisotopic (exact) mass is 416 g/mol. The van der Waals surface area contributed by atoms with Crippen molar-refractivity contribution in [1.29, 1.82) is 0 Å². The first-order valence-electron chi connectivity index (χ1n) is 8.82.